The summed E-state index contributed by atoms with van der Waals surface area (Å²) in [5, 5.41) is 13.1. The van der Waals surface area contributed by atoms with Gasteiger partial charge in [-0.1, -0.05) is 17.7 Å². The monoisotopic (exact) mass is 255 g/mol. The van der Waals surface area contributed by atoms with Crippen LogP contribution in [0.3, 0.4) is 0 Å². The summed E-state index contributed by atoms with van der Waals surface area (Å²) < 4.78 is 0. The van der Waals surface area contributed by atoms with Crippen LogP contribution in [0, 0.1) is 18.3 Å². The first-order valence-electron chi connectivity index (χ1n) is 7.14. The molecule has 1 saturated carbocycles. The topological polar surface area (TPSA) is 39.1 Å². The molecule has 0 bridgehead atoms. The molecule has 1 saturated heterocycles. The summed E-state index contributed by atoms with van der Waals surface area (Å²) in [4.78, 5) is 2.50. The molecular weight excluding hydrogens is 234 g/mol. The van der Waals surface area contributed by atoms with Gasteiger partial charge in [0.25, 0.3) is 0 Å². The number of aryl methyl sites for hydroxylation is 1. The molecule has 3 heteroatoms. The summed E-state index contributed by atoms with van der Waals surface area (Å²) >= 11 is 0. The predicted octanol–water partition coefficient (Wildman–Crippen LogP) is 2.93. The third kappa shape index (κ3) is 2.46. The average Bonchev–Trinajstić information content (AvgIpc) is 3.18. The zero-order chi connectivity index (χ0) is 13.5. The number of nitrogens with one attached hydrogen (secondary N) is 1. The van der Waals surface area contributed by atoms with Crippen LogP contribution in [-0.2, 0) is 0 Å². The maximum absolute atomic E-state index is 9.63. The fourth-order valence-corrected chi connectivity index (χ4v) is 3.16. The third-order valence-corrected chi connectivity index (χ3v) is 4.33. The van der Waals surface area contributed by atoms with Crippen LogP contribution >= 0.6 is 0 Å². The van der Waals surface area contributed by atoms with Gasteiger partial charge in [-0.25, -0.2) is 0 Å². The van der Waals surface area contributed by atoms with Crippen LogP contribution in [0.5, 0.6) is 0 Å². The third-order valence-electron chi connectivity index (χ3n) is 4.33. The molecule has 0 spiro atoms. The second kappa shape index (κ2) is 4.54. The molecule has 2 aliphatic rings. The molecule has 1 aromatic carbocycles. The highest BCUT2D eigenvalue weighted by Gasteiger charge is 2.47. The van der Waals surface area contributed by atoms with Gasteiger partial charge in [-0.15, -0.1) is 0 Å². The van der Waals surface area contributed by atoms with E-state index in [1.807, 2.05) is 0 Å². The van der Waals surface area contributed by atoms with Crippen LogP contribution in [0.2, 0.25) is 0 Å². The van der Waals surface area contributed by atoms with Gasteiger partial charge in [0.1, 0.15) is 5.54 Å². The molecule has 2 unspecified atom stereocenters. The molecule has 3 nitrogen and oxygen atoms in total. The van der Waals surface area contributed by atoms with Gasteiger partial charge in [0.05, 0.1) is 6.07 Å². The van der Waals surface area contributed by atoms with Gasteiger partial charge in [-0.3, -0.25) is 4.90 Å². The Bertz CT molecular complexity index is 498. The van der Waals surface area contributed by atoms with Crippen molar-refractivity contribution in [3.05, 3.63) is 29.8 Å². The second-order valence-corrected chi connectivity index (χ2v) is 6.14. The Kier molecular flexibility index (Phi) is 2.99. The largest absolute Gasteiger partial charge is 0.366 e. The van der Waals surface area contributed by atoms with Gasteiger partial charge >= 0.3 is 0 Å². The summed E-state index contributed by atoms with van der Waals surface area (Å²) in [5.74, 6) is 0. The molecular formula is C16H21N3. The maximum atomic E-state index is 9.63. The zero-order valence-corrected chi connectivity index (χ0v) is 11.7. The molecule has 0 aromatic heterocycles. The van der Waals surface area contributed by atoms with Crippen molar-refractivity contribution in [2.75, 3.05) is 11.9 Å². The molecule has 2 atom stereocenters. The minimum absolute atomic E-state index is 0.419. The second-order valence-electron chi connectivity index (χ2n) is 6.14. The molecule has 1 aliphatic carbocycles. The van der Waals surface area contributed by atoms with E-state index in [9.17, 15) is 5.26 Å². The number of anilines is 1. The smallest absolute Gasteiger partial charge is 0.139 e. The number of likely N-dealkylation sites (tertiary alicyclic amines) is 1. The Labute approximate surface area is 115 Å². The highest BCUT2D eigenvalue weighted by atomic mass is 15.3. The van der Waals surface area contributed by atoms with E-state index in [1.165, 1.54) is 18.4 Å². The Morgan fingerprint density at radius 2 is 2.00 bits per heavy atom. The summed E-state index contributed by atoms with van der Waals surface area (Å²) in [6.07, 6.45) is 3.51. The first-order valence-corrected chi connectivity index (χ1v) is 7.14. The normalized spacial score (nSPS) is 31.1. The van der Waals surface area contributed by atoms with E-state index < -0.39 is 5.54 Å². The Morgan fingerprint density at radius 3 is 2.58 bits per heavy atom. The molecule has 3 rings (SSSR count). The van der Waals surface area contributed by atoms with Crippen LogP contribution in [0.4, 0.5) is 5.69 Å². The van der Waals surface area contributed by atoms with Gasteiger partial charge in [0.15, 0.2) is 0 Å². The first-order chi connectivity index (χ1) is 9.12. The average molecular weight is 255 g/mol. The highest BCUT2D eigenvalue weighted by molar-refractivity contribution is 5.49. The van der Waals surface area contributed by atoms with Crippen molar-refractivity contribution in [1.82, 2.24) is 4.90 Å². The fourth-order valence-electron chi connectivity index (χ4n) is 3.16. The summed E-state index contributed by atoms with van der Waals surface area (Å²) in [6, 6.07) is 12.1. The molecule has 2 fully saturated rings. The lowest BCUT2D eigenvalue weighted by atomic mass is 9.97. The van der Waals surface area contributed by atoms with Gasteiger partial charge < -0.3 is 5.32 Å². The van der Waals surface area contributed by atoms with Crippen molar-refractivity contribution in [2.24, 2.45) is 0 Å². The Morgan fingerprint density at radius 1 is 1.32 bits per heavy atom. The molecule has 1 aliphatic heterocycles. The molecule has 1 heterocycles. The molecule has 100 valence electrons. The molecule has 19 heavy (non-hydrogen) atoms. The lowest BCUT2D eigenvalue weighted by Crippen LogP contribution is -2.40. The Hall–Kier alpha value is -1.53. The molecule has 1 aromatic rings. The maximum Gasteiger partial charge on any atom is 0.139 e. The number of hydrogen-bond acceptors (Lipinski definition) is 3. The van der Waals surface area contributed by atoms with E-state index in [-0.39, 0.29) is 0 Å². The Balaban J connectivity index is 1.77. The number of nitriles is 1. The number of benzene rings is 1. The van der Waals surface area contributed by atoms with Crippen LogP contribution in [-0.4, -0.2) is 29.1 Å². The minimum Gasteiger partial charge on any atom is -0.366 e. The molecule has 1 N–H and O–H groups in total. The first kappa shape index (κ1) is 12.5. The SMILES string of the molecule is Cc1ccc(NC2(C#N)CC(C)N(C3CC3)C2)cc1. The van der Waals surface area contributed by atoms with Crippen LogP contribution in [0.1, 0.15) is 31.7 Å². The van der Waals surface area contributed by atoms with Crippen LogP contribution in [0.25, 0.3) is 0 Å². The summed E-state index contributed by atoms with van der Waals surface area (Å²) in [7, 11) is 0. The van der Waals surface area contributed by atoms with Crippen molar-refractivity contribution in [3.63, 3.8) is 0 Å². The fraction of sp³-hybridized carbons (Fsp3) is 0.562. The van der Waals surface area contributed by atoms with E-state index in [1.54, 1.807) is 0 Å². The van der Waals surface area contributed by atoms with Gasteiger partial charge in [-0.05, 0) is 38.8 Å². The van der Waals surface area contributed by atoms with Crippen molar-refractivity contribution in [3.8, 4) is 6.07 Å². The standard InChI is InChI=1S/C16H21N3/c1-12-3-5-14(6-4-12)18-16(10-17)9-13(2)19(11-16)15-7-8-15/h3-6,13,15,18H,7-9,11H2,1-2H3. The van der Waals surface area contributed by atoms with E-state index in [0.29, 0.717) is 6.04 Å². The van der Waals surface area contributed by atoms with Crippen LogP contribution in [0.15, 0.2) is 24.3 Å². The quantitative estimate of drug-likeness (QED) is 0.902. The highest BCUT2D eigenvalue weighted by Crippen LogP contribution is 2.38. The number of hydrogen-bond donors (Lipinski definition) is 1. The lowest BCUT2D eigenvalue weighted by molar-refractivity contribution is 0.255. The van der Waals surface area contributed by atoms with Crippen molar-refractivity contribution in [2.45, 2.75) is 50.7 Å². The predicted molar refractivity (Wildman–Crippen MR) is 77.0 cm³/mol. The van der Waals surface area contributed by atoms with Crippen molar-refractivity contribution >= 4 is 5.69 Å². The van der Waals surface area contributed by atoms with Crippen molar-refractivity contribution < 1.29 is 0 Å². The van der Waals surface area contributed by atoms with E-state index >= 15 is 0 Å². The number of rotatable bonds is 3. The van der Waals surface area contributed by atoms with E-state index in [0.717, 1.165) is 24.7 Å². The van der Waals surface area contributed by atoms with Crippen LogP contribution < -0.4 is 5.32 Å². The minimum atomic E-state index is -0.419. The van der Waals surface area contributed by atoms with Gasteiger partial charge in [0.2, 0.25) is 0 Å². The van der Waals surface area contributed by atoms with E-state index in [2.05, 4.69) is 54.4 Å². The lowest BCUT2D eigenvalue weighted by Gasteiger charge is -2.24. The van der Waals surface area contributed by atoms with E-state index in [4.69, 9.17) is 0 Å². The number of nitrogens with zero attached hydrogens (tertiary/aromatic N) is 2. The zero-order valence-electron chi connectivity index (χ0n) is 11.7. The summed E-state index contributed by atoms with van der Waals surface area (Å²) in [6.45, 7) is 5.17. The van der Waals surface area contributed by atoms with Gasteiger partial charge in [-0.2, -0.15) is 5.26 Å². The van der Waals surface area contributed by atoms with Gasteiger partial charge in [0, 0.05) is 30.7 Å². The molecule has 0 amide bonds. The summed E-state index contributed by atoms with van der Waals surface area (Å²) in [5.41, 5.74) is 1.88. The molecule has 0 radical (unpaired) electrons. The van der Waals surface area contributed by atoms with Crippen molar-refractivity contribution in [1.29, 1.82) is 5.26 Å².